The fourth-order valence-electron chi connectivity index (χ4n) is 3.35. The lowest BCUT2D eigenvalue weighted by molar-refractivity contribution is -0.147. The highest BCUT2D eigenvalue weighted by atomic mass is 32.1. The smallest absolute Gasteiger partial charge is 0.451 e. The molecule has 0 unspecified atom stereocenters. The Balaban J connectivity index is 1.50. The van der Waals surface area contributed by atoms with Crippen molar-refractivity contribution in [1.29, 1.82) is 0 Å². The molecule has 190 valence electrons. The van der Waals surface area contributed by atoms with Crippen molar-refractivity contribution in [2.24, 2.45) is 0 Å². The molecule has 0 bridgehead atoms. The van der Waals surface area contributed by atoms with Crippen molar-refractivity contribution in [3.63, 3.8) is 0 Å². The second-order valence-electron chi connectivity index (χ2n) is 8.10. The summed E-state index contributed by atoms with van der Waals surface area (Å²) in [4.78, 5) is 38.3. The van der Waals surface area contributed by atoms with Crippen LogP contribution in [-0.2, 0) is 22.3 Å². The summed E-state index contributed by atoms with van der Waals surface area (Å²) in [5.41, 5.74) is 1.25. The second kappa shape index (κ2) is 10.6. The summed E-state index contributed by atoms with van der Waals surface area (Å²) in [6.45, 7) is 2.36. The van der Waals surface area contributed by atoms with E-state index in [4.69, 9.17) is 9.47 Å². The molecule has 1 atom stereocenters. The number of hydrogen-bond acceptors (Lipinski definition) is 8. The van der Waals surface area contributed by atoms with Gasteiger partial charge in [-0.05, 0) is 25.1 Å². The highest BCUT2D eigenvalue weighted by molar-refractivity contribution is 7.14. The minimum atomic E-state index is -4.64. The Hall–Kier alpha value is -3.58. The van der Waals surface area contributed by atoms with Crippen molar-refractivity contribution in [2.45, 2.75) is 25.7 Å². The van der Waals surface area contributed by atoms with E-state index in [0.29, 0.717) is 28.5 Å². The molecule has 4 rings (SSSR count). The number of likely N-dealkylation sites (N-methyl/N-ethyl adjacent to an activating group) is 1. The predicted molar refractivity (Wildman–Crippen MR) is 123 cm³/mol. The van der Waals surface area contributed by atoms with Gasteiger partial charge in [-0.15, -0.1) is 11.3 Å². The monoisotopic (exact) mass is 521 g/mol. The van der Waals surface area contributed by atoms with Crippen molar-refractivity contribution in [3.8, 4) is 16.3 Å². The van der Waals surface area contributed by atoms with E-state index < -0.39 is 17.9 Å². The standard InChI is InChI=1S/C23H22F3N5O4S/c1-13-6-28-21(36-13)16-3-15(4-18(5-16)35-11-17-10-34-12-19(32)31(17)2)20(33)27-7-14-8-29-22(30-9-14)23(24,25)26/h3-6,8-9,17H,7,10-12H2,1-2H3,(H,27,33)/t17-/m0/s1. The van der Waals surface area contributed by atoms with Gasteiger partial charge < -0.3 is 19.7 Å². The van der Waals surface area contributed by atoms with Gasteiger partial charge in [0.1, 0.15) is 24.0 Å². The second-order valence-corrected chi connectivity index (χ2v) is 9.34. The Kier molecular flexibility index (Phi) is 7.50. The Morgan fingerprint density at radius 2 is 1.97 bits per heavy atom. The number of amides is 2. The van der Waals surface area contributed by atoms with Crippen LogP contribution in [0, 0.1) is 6.92 Å². The zero-order valence-corrected chi connectivity index (χ0v) is 20.2. The van der Waals surface area contributed by atoms with Crippen LogP contribution in [0.1, 0.15) is 26.6 Å². The van der Waals surface area contributed by atoms with Crippen LogP contribution >= 0.6 is 11.3 Å². The average molecular weight is 522 g/mol. The molecule has 9 nitrogen and oxygen atoms in total. The summed E-state index contributed by atoms with van der Waals surface area (Å²) in [5, 5.41) is 3.35. The van der Waals surface area contributed by atoms with Gasteiger partial charge in [-0.1, -0.05) is 0 Å². The van der Waals surface area contributed by atoms with Crippen molar-refractivity contribution in [2.75, 3.05) is 26.9 Å². The van der Waals surface area contributed by atoms with E-state index in [9.17, 15) is 22.8 Å². The van der Waals surface area contributed by atoms with Crippen LogP contribution in [0.5, 0.6) is 5.75 Å². The molecule has 2 aromatic heterocycles. The molecule has 2 amide bonds. The molecule has 1 aromatic carbocycles. The number of halogens is 3. The van der Waals surface area contributed by atoms with E-state index in [0.717, 1.165) is 17.3 Å². The number of thiazole rings is 1. The van der Waals surface area contributed by atoms with Crippen LogP contribution in [0.25, 0.3) is 10.6 Å². The summed E-state index contributed by atoms with van der Waals surface area (Å²) in [5.74, 6) is -1.46. The molecule has 36 heavy (non-hydrogen) atoms. The van der Waals surface area contributed by atoms with Crippen LogP contribution in [0.3, 0.4) is 0 Å². The van der Waals surface area contributed by atoms with Gasteiger partial charge in [-0.2, -0.15) is 13.2 Å². The molecule has 0 aliphatic carbocycles. The molecule has 13 heteroatoms. The summed E-state index contributed by atoms with van der Waals surface area (Å²) in [6.07, 6.45) is -0.886. The number of rotatable bonds is 7. The van der Waals surface area contributed by atoms with Gasteiger partial charge in [0.2, 0.25) is 11.7 Å². The number of ether oxygens (including phenoxy) is 2. The highest BCUT2D eigenvalue weighted by Crippen LogP contribution is 2.30. The van der Waals surface area contributed by atoms with Gasteiger partial charge >= 0.3 is 6.18 Å². The van der Waals surface area contributed by atoms with Crippen molar-refractivity contribution >= 4 is 23.2 Å². The van der Waals surface area contributed by atoms with Gasteiger partial charge in [0, 0.05) is 53.8 Å². The topological polar surface area (TPSA) is 107 Å². The first-order chi connectivity index (χ1) is 17.1. The summed E-state index contributed by atoms with van der Waals surface area (Å²) >= 11 is 1.45. The quantitative estimate of drug-likeness (QED) is 0.509. The SMILES string of the molecule is Cc1cnc(-c2cc(OC[C@@H]3COCC(=O)N3C)cc(C(=O)NCc3cnc(C(F)(F)F)nc3)c2)s1. The average Bonchev–Trinajstić information content (AvgIpc) is 3.29. The Morgan fingerprint density at radius 1 is 1.22 bits per heavy atom. The predicted octanol–water partition coefficient (Wildman–Crippen LogP) is 3.09. The number of aromatic nitrogens is 3. The van der Waals surface area contributed by atoms with Crippen molar-refractivity contribution in [1.82, 2.24) is 25.2 Å². The Labute approximate surface area is 208 Å². The number of morpholine rings is 1. The molecule has 1 fully saturated rings. The lowest BCUT2D eigenvalue weighted by Gasteiger charge is -2.32. The molecule has 0 radical (unpaired) electrons. The van der Waals surface area contributed by atoms with Gasteiger partial charge in [-0.25, -0.2) is 15.0 Å². The van der Waals surface area contributed by atoms with E-state index in [1.807, 2.05) is 6.92 Å². The van der Waals surface area contributed by atoms with E-state index in [1.54, 1.807) is 36.3 Å². The van der Waals surface area contributed by atoms with Crippen LogP contribution < -0.4 is 10.1 Å². The van der Waals surface area contributed by atoms with Crippen LogP contribution in [0.15, 0.2) is 36.8 Å². The van der Waals surface area contributed by atoms with Gasteiger partial charge in [0.15, 0.2) is 0 Å². The molecule has 3 aromatic rings. The molecule has 1 N–H and O–H groups in total. The third-order valence-corrected chi connectivity index (χ3v) is 6.33. The summed E-state index contributed by atoms with van der Waals surface area (Å²) in [6, 6.07) is 4.68. The fraction of sp³-hybridized carbons (Fsp3) is 0.348. The third kappa shape index (κ3) is 6.15. The molecule has 0 spiro atoms. The first-order valence-corrected chi connectivity index (χ1v) is 11.6. The Bertz CT molecular complexity index is 1250. The number of carbonyl (C=O) groups excluding carboxylic acids is 2. The van der Waals surface area contributed by atoms with E-state index in [-0.39, 0.29) is 37.3 Å². The molecule has 1 saturated heterocycles. The molecular formula is C23H22F3N5O4S. The van der Waals surface area contributed by atoms with Gasteiger partial charge in [-0.3, -0.25) is 9.59 Å². The first-order valence-electron chi connectivity index (χ1n) is 10.8. The maximum absolute atomic E-state index is 12.9. The molecule has 3 heterocycles. The zero-order valence-electron chi connectivity index (χ0n) is 19.3. The maximum atomic E-state index is 12.9. The van der Waals surface area contributed by atoms with Crippen LogP contribution in [0.4, 0.5) is 13.2 Å². The van der Waals surface area contributed by atoms with Crippen molar-refractivity contribution < 1.29 is 32.2 Å². The number of benzene rings is 1. The number of alkyl halides is 3. The minimum Gasteiger partial charge on any atom is -0.491 e. The van der Waals surface area contributed by atoms with Crippen LogP contribution in [0.2, 0.25) is 0 Å². The first kappa shape index (κ1) is 25.5. The maximum Gasteiger partial charge on any atom is 0.451 e. The normalized spacial score (nSPS) is 16.2. The van der Waals surface area contributed by atoms with E-state index in [2.05, 4.69) is 20.3 Å². The van der Waals surface area contributed by atoms with Gasteiger partial charge in [0.25, 0.3) is 5.91 Å². The number of carbonyl (C=O) groups is 2. The van der Waals surface area contributed by atoms with Gasteiger partial charge in [0.05, 0.1) is 12.6 Å². The third-order valence-electron chi connectivity index (χ3n) is 5.37. The highest BCUT2D eigenvalue weighted by Gasteiger charge is 2.34. The molecule has 1 aliphatic heterocycles. The lowest BCUT2D eigenvalue weighted by Crippen LogP contribution is -2.49. The number of nitrogens with one attached hydrogen (secondary N) is 1. The largest absolute Gasteiger partial charge is 0.491 e. The Morgan fingerprint density at radius 3 is 2.64 bits per heavy atom. The summed E-state index contributed by atoms with van der Waals surface area (Å²) in [7, 11) is 1.68. The fourth-order valence-corrected chi connectivity index (χ4v) is 4.11. The van der Waals surface area contributed by atoms with E-state index in [1.165, 1.54) is 11.3 Å². The van der Waals surface area contributed by atoms with Crippen molar-refractivity contribution in [3.05, 3.63) is 58.6 Å². The molecule has 1 aliphatic rings. The number of aryl methyl sites for hydroxylation is 1. The minimum absolute atomic E-state index is 0.0280. The zero-order chi connectivity index (χ0) is 25.9. The summed E-state index contributed by atoms with van der Waals surface area (Å²) < 4.78 is 49.2. The lowest BCUT2D eigenvalue weighted by atomic mass is 10.1. The van der Waals surface area contributed by atoms with E-state index >= 15 is 0 Å². The number of hydrogen-bond donors (Lipinski definition) is 1. The van der Waals surface area contributed by atoms with Crippen LogP contribution in [-0.4, -0.2) is 64.6 Å². The molecular weight excluding hydrogens is 499 g/mol. The molecule has 0 saturated carbocycles. The number of nitrogens with zero attached hydrogens (tertiary/aromatic N) is 4.